The van der Waals surface area contributed by atoms with Crippen LogP contribution in [0.1, 0.15) is 16.2 Å². The maximum Gasteiger partial charge on any atom is 0.251 e. The minimum atomic E-state index is -0.136. The van der Waals surface area contributed by atoms with Crippen LogP contribution in [0.2, 0.25) is 0 Å². The largest absolute Gasteiger partial charge is 0.345 e. The van der Waals surface area contributed by atoms with E-state index in [9.17, 15) is 4.79 Å². The van der Waals surface area contributed by atoms with Crippen LogP contribution in [0.25, 0.3) is 11.0 Å². The van der Waals surface area contributed by atoms with Crippen molar-refractivity contribution in [3.05, 3.63) is 60.2 Å². The van der Waals surface area contributed by atoms with Crippen molar-refractivity contribution in [3.8, 4) is 0 Å². The number of aromatic nitrogens is 3. The summed E-state index contributed by atoms with van der Waals surface area (Å²) < 4.78 is 0. The minimum absolute atomic E-state index is 0.136. The second kappa shape index (κ2) is 4.89. The molecule has 0 saturated carbocycles. The Kier molecular flexibility index (Phi) is 2.94. The highest BCUT2D eigenvalue weighted by atomic mass is 16.1. The van der Waals surface area contributed by atoms with Crippen LogP contribution in [-0.4, -0.2) is 20.9 Å². The van der Waals surface area contributed by atoms with Crippen molar-refractivity contribution in [1.82, 2.24) is 20.3 Å². The Labute approximate surface area is 109 Å². The van der Waals surface area contributed by atoms with Gasteiger partial charge in [-0.15, -0.1) is 0 Å². The van der Waals surface area contributed by atoms with E-state index in [0.717, 1.165) is 16.9 Å². The second-order valence-corrected chi connectivity index (χ2v) is 4.12. The second-order valence-electron chi connectivity index (χ2n) is 4.12. The van der Waals surface area contributed by atoms with E-state index in [-0.39, 0.29) is 5.91 Å². The molecule has 0 saturated heterocycles. The Bertz CT molecular complexity index is 673. The fourth-order valence-electron chi connectivity index (χ4n) is 1.86. The molecule has 3 rings (SSSR count). The molecule has 19 heavy (non-hydrogen) atoms. The number of nitrogens with zero attached hydrogens (tertiary/aromatic N) is 2. The Hall–Kier alpha value is -2.69. The van der Waals surface area contributed by atoms with E-state index in [4.69, 9.17) is 0 Å². The van der Waals surface area contributed by atoms with E-state index in [2.05, 4.69) is 20.3 Å². The number of aromatic amines is 1. The lowest BCUT2D eigenvalue weighted by atomic mass is 10.2. The summed E-state index contributed by atoms with van der Waals surface area (Å²) in [6, 6.07) is 11.1. The van der Waals surface area contributed by atoms with Crippen molar-refractivity contribution in [2.24, 2.45) is 0 Å². The highest BCUT2D eigenvalue weighted by Gasteiger charge is 2.06. The molecule has 0 fully saturated rings. The lowest BCUT2D eigenvalue weighted by Gasteiger charge is -2.02. The number of benzene rings is 1. The van der Waals surface area contributed by atoms with E-state index in [1.807, 2.05) is 24.3 Å². The zero-order valence-electron chi connectivity index (χ0n) is 10.1. The van der Waals surface area contributed by atoms with Crippen molar-refractivity contribution >= 4 is 16.9 Å². The van der Waals surface area contributed by atoms with E-state index >= 15 is 0 Å². The smallest absolute Gasteiger partial charge is 0.251 e. The van der Waals surface area contributed by atoms with Crippen LogP contribution < -0.4 is 5.32 Å². The van der Waals surface area contributed by atoms with Gasteiger partial charge in [0.05, 0.1) is 17.6 Å². The summed E-state index contributed by atoms with van der Waals surface area (Å²) >= 11 is 0. The third kappa shape index (κ3) is 2.44. The van der Waals surface area contributed by atoms with E-state index < -0.39 is 0 Å². The normalized spacial score (nSPS) is 10.5. The van der Waals surface area contributed by atoms with Gasteiger partial charge in [0.15, 0.2) is 0 Å². The molecule has 0 spiro atoms. The Morgan fingerprint density at radius 2 is 1.95 bits per heavy atom. The quantitative estimate of drug-likeness (QED) is 0.747. The maximum atomic E-state index is 11.9. The molecule has 1 aromatic carbocycles. The van der Waals surface area contributed by atoms with Crippen LogP contribution >= 0.6 is 0 Å². The first-order chi connectivity index (χ1) is 9.33. The summed E-state index contributed by atoms with van der Waals surface area (Å²) in [5.74, 6) is 0.603. The number of rotatable bonds is 3. The van der Waals surface area contributed by atoms with Gasteiger partial charge in [-0.2, -0.15) is 0 Å². The molecule has 0 aliphatic rings. The number of pyridine rings is 1. The molecular weight excluding hydrogens is 240 g/mol. The maximum absolute atomic E-state index is 11.9. The van der Waals surface area contributed by atoms with Crippen molar-refractivity contribution < 1.29 is 4.79 Å². The molecule has 5 heteroatoms. The Balaban J connectivity index is 1.71. The van der Waals surface area contributed by atoms with Crippen LogP contribution in [0.3, 0.4) is 0 Å². The number of H-pyrrole nitrogens is 1. The Morgan fingerprint density at radius 3 is 2.74 bits per heavy atom. The summed E-state index contributed by atoms with van der Waals surface area (Å²) in [5.41, 5.74) is 2.46. The molecule has 0 atom stereocenters. The van der Waals surface area contributed by atoms with Gasteiger partial charge in [-0.05, 0) is 24.3 Å². The van der Waals surface area contributed by atoms with E-state index in [1.165, 1.54) is 0 Å². The molecule has 5 nitrogen and oxygen atoms in total. The summed E-state index contributed by atoms with van der Waals surface area (Å²) in [5, 5.41) is 2.82. The van der Waals surface area contributed by atoms with E-state index in [0.29, 0.717) is 12.1 Å². The summed E-state index contributed by atoms with van der Waals surface area (Å²) in [7, 11) is 0. The number of amides is 1. The molecule has 2 aromatic heterocycles. The number of carbonyl (C=O) groups is 1. The molecule has 94 valence electrons. The minimum Gasteiger partial charge on any atom is -0.345 e. The molecule has 0 bridgehead atoms. The van der Waals surface area contributed by atoms with Gasteiger partial charge in [-0.3, -0.25) is 9.78 Å². The first-order valence-corrected chi connectivity index (χ1v) is 5.95. The third-order valence-corrected chi connectivity index (χ3v) is 2.80. The van der Waals surface area contributed by atoms with Gasteiger partial charge < -0.3 is 10.3 Å². The first kappa shape index (κ1) is 11.4. The SMILES string of the molecule is O=C(NCc1nc2ccccc2[nH]1)c1ccncc1. The molecular formula is C14H12N4O. The summed E-state index contributed by atoms with van der Waals surface area (Å²) in [6.07, 6.45) is 3.19. The van der Waals surface area contributed by atoms with Crippen molar-refractivity contribution in [2.45, 2.75) is 6.54 Å². The fourth-order valence-corrected chi connectivity index (χ4v) is 1.86. The van der Waals surface area contributed by atoms with Crippen LogP contribution in [0.5, 0.6) is 0 Å². The molecule has 3 aromatic rings. The van der Waals surface area contributed by atoms with Crippen LogP contribution in [0.4, 0.5) is 0 Å². The average Bonchev–Trinajstić information content (AvgIpc) is 2.88. The number of hydrogen-bond acceptors (Lipinski definition) is 3. The summed E-state index contributed by atoms with van der Waals surface area (Å²) in [6.45, 7) is 0.371. The predicted octanol–water partition coefficient (Wildman–Crippen LogP) is 1.89. The van der Waals surface area contributed by atoms with Gasteiger partial charge in [0, 0.05) is 18.0 Å². The number of imidazole rings is 1. The molecule has 0 radical (unpaired) electrons. The predicted molar refractivity (Wildman–Crippen MR) is 71.5 cm³/mol. The van der Waals surface area contributed by atoms with Gasteiger partial charge in [-0.25, -0.2) is 4.98 Å². The highest BCUT2D eigenvalue weighted by molar-refractivity contribution is 5.93. The van der Waals surface area contributed by atoms with Gasteiger partial charge in [0.2, 0.25) is 0 Å². The van der Waals surface area contributed by atoms with Gasteiger partial charge in [0.25, 0.3) is 5.91 Å². The summed E-state index contributed by atoms with van der Waals surface area (Å²) in [4.78, 5) is 23.3. The first-order valence-electron chi connectivity index (χ1n) is 5.95. The van der Waals surface area contributed by atoms with Crippen molar-refractivity contribution in [2.75, 3.05) is 0 Å². The van der Waals surface area contributed by atoms with E-state index in [1.54, 1.807) is 24.5 Å². The number of para-hydroxylation sites is 2. The van der Waals surface area contributed by atoms with Crippen LogP contribution in [0.15, 0.2) is 48.8 Å². The number of hydrogen-bond donors (Lipinski definition) is 2. The number of nitrogens with one attached hydrogen (secondary N) is 2. The average molecular weight is 252 g/mol. The van der Waals surface area contributed by atoms with Gasteiger partial charge >= 0.3 is 0 Å². The molecule has 0 aliphatic carbocycles. The van der Waals surface area contributed by atoms with Crippen LogP contribution in [0, 0.1) is 0 Å². The number of carbonyl (C=O) groups excluding carboxylic acids is 1. The zero-order valence-corrected chi connectivity index (χ0v) is 10.1. The lowest BCUT2D eigenvalue weighted by Crippen LogP contribution is -2.23. The third-order valence-electron chi connectivity index (χ3n) is 2.80. The van der Waals surface area contributed by atoms with Crippen molar-refractivity contribution in [3.63, 3.8) is 0 Å². The van der Waals surface area contributed by atoms with Crippen molar-refractivity contribution in [1.29, 1.82) is 0 Å². The monoisotopic (exact) mass is 252 g/mol. The highest BCUT2D eigenvalue weighted by Crippen LogP contribution is 2.10. The molecule has 0 unspecified atom stereocenters. The molecule has 0 aliphatic heterocycles. The Morgan fingerprint density at radius 1 is 1.16 bits per heavy atom. The zero-order chi connectivity index (χ0) is 13.1. The van der Waals surface area contributed by atoms with Gasteiger partial charge in [0.1, 0.15) is 5.82 Å². The van der Waals surface area contributed by atoms with Gasteiger partial charge in [-0.1, -0.05) is 12.1 Å². The molecule has 1 amide bonds. The standard InChI is InChI=1S/C14H12N4O/c19-14(10-5-7-15-8-6-10)16-9-13-17-11-3-1-2-4-12(11)18-13/h1-8H,9H2,(H,16,19)(H,17,18). The molecule has 2 N–H and O–H groups in total. The fraction of sp³-hybridized carbons (Fsp3) is 0.0714. The number of fused-ring (bicyclic) bond motifs is 1. The molecule has 2 heterocycles. The topological polar surface area (TPSA) is 70.7 Å². The van der Waals surface area contributed by atoms with Crippen LogP contribution in [-0.2, 0) is 6.54 Å². The lowest BCUT2D eigenvalue weighted by molar-refractivity contribution is 0.0950.